The molecule has 0 saturated carbocycles. The van der Waals surface area contributed by atoms with Crippen molar-refractivity contribution >= 4 is 29.4 Å². The summed E-state index contributed by atoms with van der Waals surface area (Å²) in [5.74, 6) is -1.03. The van der Waals surface area contributed by atoms with Gasteiger partial charge in [-0.15, -0.1) is 0 Å². The van der Waals surface area contributed by atoms with Crippen LogP contribution in [0.2, 0.25) is 5.02 Å². The normalized spacial score (nSPS) is 10.8. The van der Waals surface area contributed by atoms with Crippen molar-refractivity contribution in [1.29, 1.82) is 0 Å². The highest BCUT2D eigenvalue weighted by molar-refractivity contribution is 6.33. The molecule has 0 fully saturated rings. The number of para-hydroxylation sites is 1. The van der Waals surface area contributed by atoms with Crippen molar-refractivity contribution in [3.05, 3.63) is 29.3 Å². The molecule has 1 amide bonds. The van der Waals surface area contributed by atoms with Crippen molar-refractivity contribution in [3.63, 3.8) is 0 Å². The lowest BCUT2D eigenvalue weighted by Gasteiger charge is -2.18. The van der Waals surface area contributed by atoms with Gasteiger partial charge in [-0.05, 0) is 26.0 Å². The zero-order chi connectivity index (χ0) is 13.8. The number of carbonyl (C=O) groups excluding carboxylic acids is 1. The summed E-state index contributed by atoms with van der Waals surface area (Å²) in [6, 6.07) is 6.68. The van der Waals surface area contributed by atoms with E-state index in [2.05, 4.69) is 5.32 Å². The Hall–Kier alpha value is -1.75. The lowest BCUT2D eigenvalue weighted by Crippen LogP contribution is -2.31. The summed E-state index contributed by atoms with van der Waals surface area (Å²) in [5.41, 5.74) is -0.713. The predicted molar refractivity (Wildman–Crippen MR) is 67.8 cm³/mol. The molecule has 0 aromatic heterocycles. The van der Waals surface area contributed by atoms with E-state index in [1.54, 1.807) is 24.3 Å². The van der Waals surface area contributed by atoms with Crippen molar-refractivity contribution in [2.24, 2.45) is 5.41 Å². The summed E-state index contributed by atoms with van der Waals surface area (Å²) >= 11 is 5.84. The molecule has 0 saturated heterocycles. The summed E-state index contributed by atoms with van der Waals surface area (Å²) in [5, 5.41) is 11.7. The standard InChI is InChI=1S/C12H14ClNO4/c1-12(2,10(15)16)7-18-11(17)14-9-6-4-3-5-8(9)13/h3-6H,7H2,1-2H3,(H,14,17)(H,15,16). The molecule has 0 bridgehead atoms. The average Bonchev–Trinajstić information content (AvgIpc) is 2.29. The number of anilines is 1. The Balaban J connectivity index is 2.54. The molecule has 1 aromatic rings. The maximum Gasteiger partial charge on any atom is 0.411 e. The average molecular weight is 272 g/mol. The number of halogens is 1. The van der Waals surface area contributed by atoms with Crippen LogP contribution in [0.5, 0.6) is 0 Å². The first-order chi connectivity index (χ1) is 8.33. The maximum atomic E-state index is 11.4. The first kappa shape index (κ1) is 14.3. The highest BCUT2D eigenvalue weighted by atomic mass is 35.5. The minimum absolute atomic E-state index is 0.224. The lowest BCUT2D eigenvalue weighted by atomic mass is 9.95. The Morgan fingerprint density at radius 2 is 2.00 bits per heavy atom. The van der Waals surface area contributed by atoms with Gasteiger partial charge in [-0.25, -0.2) is 4.79 Å². The lowest BCUT2D eigenvalue weighted by molar-refractivity contribution is -0.148. The molecule has 5 nitrogen and oxygen atoms in total. The van der Waals surface area contributed by atoms with Crippen LogP contribution < -0.4 is 5.32 Å². The van der Waals surface area contributed by atoms with Crippen molar-refractivity contribution in [2.75, 3.05) is 11.9 Å². The van der Waals surface area contributed by atoms with E-state index in [4.69, 9.17) is 21.4 Å². The third kappa shape index (κ3) is 3.92. The van der Waals surface area contributed by atoms with Gasteiger partial charge in [0, 0.05) is 0 Å². The van der Waals surface area contributed by atoms with Crippen LogP contribution in [0, 0.1) is 5.41 Å². The largest absolute Gasteiger partial charge is 0.481 e. The molecular formula is C12H14ClNO4. The number of ether oxygens (including phenoxy) is 1. The molecule has 18 heavy (non-hydrogen) atoms. The van der Waals surface area contributed by atoms with Crippen LogP contribution in [0.3, 0.4) is 0 Å². The van der Waals surface area contributed by atoms with E-state index in [1.807, 2.05) is 0 Å². The summed E-state index contributed by atoms with van der Waals surface area (Å²) < 4.78 is 4.84. The van der Waals surface area contributed by atoms with Crippen LogP contribution in [-0.2, 0) is 9.53 Å². The molecular weight excluding hydrogens is 258 g/mol. The number of nitrogens with one attached hydrogen (secondary N) is 1. The van der Waals surface area contributed by atoms with Crippen LogP contribution in [0.1, 0.15) is 13.8 Å². The molecule has 0 unspecified atom stereocenters. The molecule has 6 heteroatoms. The quantitative estimate of drug-likeness (QED) is 0.883. The SMILES string of the molecule is CC(C)(COC(=O)Nc1ccccc1Cl)C(=O)O. The zero-order valence-corrected chi connectivity index (χ0v) is 10.8. The van der Waals surface area contributed by atoms with E-state index in [1.165, 1.54) is 13.8 Å². The van der Waals surface area contributed by atoms with Gasteiger partial charge < -0.3 is 9.84 Å². The number of rotatable bonds is 4. The van der Waals surface area contributed by atoms with Crippen LogP contribution in [0.25, 0.3) is 0 Å². The van der Waals surface area contributed by atoms with Gasteiger partial charge in [0.2, 0.25) is 0 Å². The Labute approximate surface area is 110 Å². The first-order valence-corrected chi connectivity index (χ1v) is 5.62. The molecule has 0 aliphatic heterocycles. The summed E-state index contributed by atoms with van der Waals surface area (Å²) in [6.45, 7) is 2.72. The van der Waals surface area contributed by atoms with Gasteiger partial charge in [-0.2, -0.15) is 0 Å². The Morgan fingerprint density at radius 1 is 1.39 bits per heavy atom. The van der Waals surface area contributed by atoms with E-state index >= 15 is 0 Å². The molecule has 0 aliphatic carbocycles. The van der Waals surface area contributed by atoms with Crippen LogP contribution in [-0.4, -0.2) is 23.8 Å². The van der Waals surface area contributed by atoms with Crippen LogP contribution in [0.4, 0.5) is 10.5 Å². The molecule has 1 aromatic carbocycles. The second kappa shape index (κ2) is 5.73. The third-order valence-electron chi connectivity index (χ3n) is 2.25. The molecule has 0 radical (unpaired) electrons. The van der Waals surface area contributed by atoms with E-state index in [0.29, 0.717) is 10.7 Å². The number of carbonyl (C=O) groups is 2. The Kier molecular flexibility index (Phi) is 4.55. The highest BCUT2D eigenvalue weighted by Crippen LogP contribution is 2.21. The number of hydrogen-bond donors (Lipinski definition) is 2. The number of amides is 1. The van der Waals surface area contributed by atoms with E-state index in [0.717, 1.165) is 0 Å². The molecule has 2 N–H and O–H groups in total. The fourth-order valence-corrected chi connectivity index (χ4v) is 1.20. The number of aliphatic carboxylic acids is 1. The predicted octanol–water partition coefficient (Wildman–Crippen LogP) is 3.00. The van der Waals surface area contributed by atoms with Gasteiger partial charge in [0.25, 0.3) is 0 Å². The van der Waals surface area contributed by atoms with E-state index < -0.39 is 17.5 Å². The highest BCUT2D eigenvalue weighted by Gasteiger charge is 2.29. The fourth-order valence-electron chi connectivity index (χ4n) is 1.02. The van der Waals surface area contributed by atoms with Gasteiger partial charge in [0.1, 0.15) is 6.61 Å². The zero-order valence-electron chi connectivity index (χ0n) is 10.1. The molecule has 0 aliphatic rings. The van der Waals surface area contributed by atoms with Gasteiger partial charge in [0.15, 0.2) is 0 Å². The van der Waals surface area contributed by atoms with Crippen LogP contribution in [0.15, 0.2) is 24.3 Å². The summed E-state index contributed by atoms with van der Waals surface area (Å²) in [7, 11) is 0. The van der Waals surface area contributed by atoms with E-state index in [-0.39, 0.29) is 6.61 Å². The number of hydrogen-bond acceptors (Lipinski definition) is 3. The van der Waals surface area contributed by atoms with Crippen molar-refractivity contribution < 1.29 is 19.4 Å². The van der Waals surface area contributed by atoms with Gasteiger partial charge in [-0.1, -0.05) is 23.7 Å². The molecule has 1 rings (SSSR count). The van der Waals surface area contributed by atoms with Crippen molar-refractivity contribution in [2.45, 2.75) is 13.8 Å². The fraction of sp³-hybridized carbons (Fsp3) is 0.333. The van der Waals surface area contributed by atoms with Gasteiger partial charge in [0.05, 0.1) is 16.1 Å². The smallest absolute Gasteiger partial charge is 0.411 e. The molecule has 98 valence electrons. The van der Waals surface area contributed by atoms with Crippen LogP contribution >= 0.6 is 11.6 Å². The van der Waals surface area contributed by atoms with Crippen molar-refractivity contribution in [3.8, 4) is 0 Å². The molecule has 0 heterocycles. The summed E-state index contributed by atoms with van der Waals surface area (Å²) in [4.78, 5) is 22.3. The third-order valence-corrected chi connectivity index (χ3v) is 2.58. The minimum Gasteiger partial charge on any atom is -0.481 e. The minimum atomic E-state index is -1.13. The second-order valence-electron chi connectivity index (χ2n) is 4.37. The topological polar surface area (TPSA) is 75.6 Å². The second-order valence-corrected chi connectivity index (χ2v) is 4.78. The number of carboxylic acid groups (broad SMARTS) is 1. The molecule has 0 atom stereocenters. The number of benzene rings is 1. The summed E-state index contributed by atoms with van der Waals surface area (Å²) in [6.07, 6.45) is -0.738. The maximum absolute atomic E-state index is 11.4. The Morgan fingerprint density at radius 3 is 2.56 bits per heavy atom. The molecule has 0 spiro atoms. The Bertz CT molecular complexity index is 459. The van der Waals surface area contributed by atoms with Gasteiger partial charge >= 0.3 is 12.1 Å². The monoisotopic (exact) mass is 271 g/mol. The van der Waals surface area contributed by atoms with E-state index in [9.17, 15) is 9.59 Å². The first-order valence-electron chi connectivity index (χ1n) is 5.24. The van der Waals surface area contributed by atoms with Gasteiger partial charge in [-0.3, -0.25) is 10.1 Å². The van der Waals surface area contributed by atoms with Crippen molar-refractivity contribution in [1.82, 2.24) is 0 Å². The number of carboxylic acids is 1.